The molecule has 2 aromatic heterocycles. The molecule has 0 amide bonds. The fourth-order valence-electron chi connectivity index (χ4n) is 4.20. The van der Waals surface area contributed by atoms with Gasteiger partial charge in [0.1, 0.15) is 5.75 Å². The molecule has 0 saturated heterocycles. The molecule has 0 fully saturated rings. The molecular formula is C22H20N4O2. The SMILES string of the molecule is COc1ccccc1C1CC(=O)c2c(C)nn(-c3nc4ccccc4[nH]3)c2C1. The van der Waals surface area contributed by atoms with E-state index in [1.807, 2.05) is 55.5 Å². The van der Waals surface area contributed by atoms with E-state index in [-0.39, 0.29) is 11.7 Å². The summed E-state index contributed by atoms with van der Waals surface area (Å²) in [6, 6.07) is 15.8. The highest BCUT2D eigenvalue weighted by Crippen LogP contribution is 2.38. The van der Waals surface area contributed by atoms with Gasteiger partial charge in [-0.25, -0.2) is 9.67 Å². The maximum atomic E-state index is 13.0. The molecule has 1 aliphatic carbocycles. The molecule has 4 aromatic rings. The number of fused-ring (bicyclic) bond motifs is 2. The maximum absolute atomic E-state index is 13.0. The fourth-order valence-corrected chi connectivity index (χ4v) is 4.20. The van der Waals surface area contributed by atoms with Crippen molar-refractivity contribution in [1.29, 1.82) is 0 Å². The van der Waals surface area contributed by atoms with E-state index in [4.69, 9.17) is 4.74 Å². The van der Waals surface area contributed by atoms with Crippen LogP contribution in [0.15, 0.2) is 48.5 Å². The molecule has 2 heterocycles. The Balaban J connectivity index is 1.63. The fraction of sp³-hybridized carbons (Fsp3) is 0.227. The summed E-state index contributed by atoms with van der Waals surface area (Å²) in [5, 5.41) is 4.65. The van der Waals surface area contributed by atoms with E-state index in [1.54, 1.807) is 11.8 Å². The molecule has 6 nitrogen and oxygen atoms in total. The second-order valence-corrected chi connectivity index (χ2v) is 7.17. The number of H-pyrrole nitrogens is 1. The Morgan fingerprint density at radius 3 is 2.71 bits per heavy atom. The van der Waals surface area contributed by atoms with E-state index in [9.17, 15) is 4.79 Å². The van der Waals surface area contributed by atoms with Gasteiger partial charge in [0.15, 0.2) is 5.78 Å². The van der Waals surface area contributed by atoms with E-state index in [2.05, 4.69) is 15.1 Å². The zero-order valence-electron chi connectivity index (χ0n) is 15.8. The molecular weight excluding hydrogens is 352 g/mol. The van der Waals surface area contributed by atoms with Crippen LogP contribution in [0.5, 0.6) is 5.75 Å². The molecule has 0 bridgehead atoms. The minimum atomic E-state index is 0.0513. The van der Waals surface area contributed by atoms with Gasteiger partial charge in [-0.2, -0.15) is 5.10 Å². The van der Waals surface area contributed by atoms with Crippen LogP contribution in [-0.4, -0.2) is 32.6 Å². The lowest BCUT2D eigenvalue weighted by Gasteiger charge is -2.24. The zero-order chi connectivity index (χ0) is 19.3. The number of benzene rings is 2. The Bertz CT molecular complexity index is 1170. The van der Waals surface area contributed by atoms with Crippen LogP contribution < -0.4 is 4.74 Å². The molecule has 1 atom stereocenters. The molecule has 0 spiro atoms. The molecule has 6 heteroatoms. The minimum Gasteiger partial charge on any atom is -0.496 e. The number of carbonyl (C=O) groups is 1. The number of ketones is 1. The number of imidazole rings is 1. The van der Waals surface area contributed by atoms with Gasteiger partial charge in [-0.15, -0.1) is 0 Å². The number of para-hydroxylation sites is 3. The predicted molar refractivity (Wildman–Crippen MR) is 106 cm³/mol. The van der Waals surface area contributed by atoms with Gasteiger partial charge < -0.3 is 9.72 Å². The second kappa shape index (κ2) is 6.34. The first kappa shape index (κ1) is 16.7. The number of hydrogen-bond acceptors (Lipinski definition) is 4. The molecule has 1 unspecified atom stereocenters. The number of nitrogens with zero attached hydrogens (tertiary/aromatic N) is 3. The van der Waals surface area contributed by atoms with Gasteiger partial charge in [-0.05, 0) is 37.1 Å². The van der Waals surface area contributed by atoms with Gasteiger partial charge in [0, 0.05) is 12.3 Å². The molecule has 0 radical (unpaired) electrons. The first-order valence-electron chi connectivity index (χ1n) is 9.35. The lowest BCUT2D eigenvalue weighted by Crippen LogP contribution is -2.21. The second-order valence-electron chi connectivity index (χ2n) is 7.17. The summed E-state index contributed by atoms with van der Waals surface area (Å²) in [6.07, 6.45) is 1.17. The number of aryl methyl sites for hydroxylation is 1. The molecule has 0 saturated carbocycles. The van der Waals surface area contributed by atoms with E-state index in [0.717, 1.165) is 39.3 Å². The molecule has 2 aromatic carbocycles. The number of Topliss-reactive ketones (excluding diaryl/α,β-unsaturated/α-hetero) is 1. The molecule has 28 heavy (non-hydrogen) atoms. The van der Waals surface area contributed by atoms with E-state index >= 15 is 0 Å². The summed E-state index contributed by atoms with van der Waals surface area (Å²) in [4.78, 5) is 21.0. The molecule has 1 aliphatic rings. The Labute approximate surface area is 162 Å². The molecule has 140 valence electrons. The van der Waals surface area contributed by atoms with Crippen LogP contribution in [0, 0.1) is 6.92 Å². The Morgan fingerprint density at radius 2 is 1.89 bits per heavy atom. The van der Waals surface area contributed by atoms with Gasteiger partial charge >= 0.3 is 0 Å². The number of aromatic nitrogens is 4. The average molecular weight is 372 g/mol. The highest BCUT2D eigenvalue weighted by atomic mass is 16.5. The number of methoxy groups -OCH3 is 1. The van der Waals surface area contributed by atoms with Crippen molar-refractivity contribution in [1.82, 2.24) is 19.7 Å². The van der Waals surface area contributed by atoms with Crippen molar-refractivity contribution in [3.05, 3.63) is 71.0 Å². The zero-order valence-corrected chi connectivity index (χ0v) is 15.8. The minimum absolute atomic E-state index is 0.0513. The number of ether oxygens (including phenoxy) is 1. The molecule has 1 N–H and O–H groups in total. The van der Waals surface area contributed by atoms with Crippen molar-refractivity contribution in [3.8, 4) is 11.7 Å². The first-order valence-corrected chi connectivity index (χ1v) is 9.35. The van der Waals surface area contributed by atoms with Crippen molar-refractivity contribution < 1.29 is 9.53 Å². The number of carbonyl (C=O) groups excluding carboxylic acids is 1. The summed E-state index contributed by atoms with van der Waals surface area (Å²) in [6.45, 7) is 1.89. The van der Waals surface area contributed by atoms with E-state index in [1.165, 1.54) is 0 Å². The Morgan fingerprint density at radius 1 is 1.11 bits per heavy atom. The third kappa shape index (κ3) is 2.52. The lowest BCUT2D eigenvalue weighted by atomic mass is 9.81. The maximum Gasteiger partial charge on any atom is 0.229 e. The smallest absolute Gasteiger partial charge is 0.229 e. The highest BCUT2D eigenvalue weighted by Gasteiger charge is 2.33. The predicted octanol–water partition coefficient (Wildman–Crippen LogP) is 3.98. The number of hydrogen-bond donors (Lipinski definition) is 1. The average Bonchev–Trinajstić information content (AvgIpc) is 3.29. The highest BCUT2D eigenvalue weighted by molar-refractivity contribution is 6.00. The largest absolute Gasteiger partial charge is 0.496 e. The van der Waals surface area contributed by atoms with Crippen LogP contribution in [0.25, 0.3) is 17.0 Å². The quantitative estimate of drug-likeness (QED) is 0.590. The Hall–Kier alpha value is -3.41. The normalized spacial score (nSPS) is 16.4. The van der Waals surface area contributed by atoms with Crippen LogP contribution >= 0.6 is 0 Å². The van der Waals surface area contributed by atoms with Crippen LogP contribution in [0.2, 0.25) is 0 Å². The van der Waals surface area contributed by atoms with Crippen LogP contribution in [0.1, 0.15) is 39.6 Å². The molecule has 5 rings (SSSR count). The number of rotatable bonds is 3. The Kier molecular flexibility index (Phi) is 3.79. The van der Waals surface area contributed by atoms with Gasteiger partial charge in [0.05, 0.1) is 35.1 Å². The van der Waals surface area contributed by atoms with Crippen LogP contribution in [0.4, 0.5) is 0 Å². The van der Waals surface area contributed by atoms with Crippen molar-refractivity contribution >= 4 is 16.8 Å². The standard InChI is InChI=1S/C22H20N4O2/c1-13-21-18(26(25-13)22-23-16-8-4-5-9-17(16)24-22)11-14(12-19(21)27)15-7-3-6-10-20(15)28-2/h3-10,14H,11-12H2,1-2H3,(H,23,24). The van der Waals surface area contributed by atoms with Crippen LogP contribution in [-0.2, 0) is 6.42 Å². The van der Waals surface area contributed by atoms with Crippen molar-refractivity contribution in [2.45, 2.75) is 25.7 Å². The van der Waals surface area contributed by atoms with Crippen LogP contribution in [0.3, 0.4) is 0 Å². The molecule has 0 aliphatic heterocycles. The summed E-state index contributed by atoms with van der Waals surface area (Å²) < 4.78 is 7.33. The van der Waals surface area contributed by atoms with Gasteiger partial charge in [-0.3, -0.25) is 4.79 Å². The van der Waals surface area contributed by atoms with Crippen molar-refractivity contribution in [2.75, 3.05) is 7.11 Å². The van der Waals surface area contributed by atoms with E-state index in [0.29, 0.717) is 18.8 Å². The van der Waals surface area contributed by atoms with Crippen molar-refractivity contribution in [2.24, 2.45) is 0 Å². The monoisotopic (exact) mass is 372 g/mol. The summed E-state index contributed by atoms with van der Waals surface area (Å²) in [7, 11) is 1.66. The number of nitrogens with one attached hydrogen (secondary N) is 1. The van der Waals surface area contributed by atoms with Gasteiger partial charge in [0.25, 0.3) is 0 Å². The van der Waals surface area contributed by atoms with E-state index < -0.39 is 0 Å². The summed E-state index contributed by atoms with van der Waals surface area (Å²) >= 11 is 0. The van der Waals surface area contributed by atoms with Crippen molar-refractivity contribution in [3.63, 3.8) is 0 Å². The van der Waals surface area contributed by atoms with Gasteiger partial charge in [-0.1, -0.05) is 30.3 Å². The summed E-state index contributed by atoms with van der Waals surface area (Å²) in [5.74, 6) is 1.63. The summed E-state index contributed by atoms with van der Waals surface area (Å²) in [5.41, 5.74) is 5.26. The third-order valence-electron chi connectivity index (χ3n) is 5.46. The topological polar surface area (TPSA) is 72.8 Å². The first-order chi connectivity index (χ1) is 13.7. The van der Waals surface area contributed by atoms with Gasteiger partial charge in [0.2, 0.25) is 5.95 Å². The third-order valence-corrected chi connectivity index (χ3v) is 5.46. The lowest BCUT2D eigenvalue weighted by molar-refractivity contribution is 0.0963. The number of aromatic amines is 1.